The Labute approximate surface area is 91.6 Å². The van der Waals surface area contributed by atoms with Gasteiger partial charge in [0.15, 0.2) is 0 Å². The summed E-state index contributed by atoms with van der Waals surface area (Å²) in [4.78, 5) is 3.93. The molecule has 0 spiro atoms. The molecule has 0 aliphatic carbocycles. The number of nitrogens with zero attached hydrogens (tertiary/aromatic N) is 3. The van der Waals surface area contributed by atoms with Gasteiger partial charge in [-0.05, 0) is 12.1 Å². The molecule has 0 atom stereocenters. The molecular formula is C8H9ClN4S. The van der Waals surface area contributed by atoms with Crippen molar-refractivity contribution in [1.29, 1.82) is 0 Å². The molecule has 4 nitrogen and oxygen atoms in total. The van der Waals surface area contributed by atoms with Crippen LogP contribution >= 0.6 is 23.7 Å². The van der Waals surface area contributed by atoms with Crippen LogP contribution in [0.3, 0.4) is 0 Å². The summed E-state index contributed by atoms with van der Waals surface area (Å²) in [6, 6.07) is 3.81. The van der Waals surface area contributed by atoms with E-state index in [1.165, 1.54) is 11.3 Å². The zero-order valence-corrected chi connectivity index (χ0v) is 8.88. The maximum atomic E-state index is 5.44. The fourth-order valence-corrected chi connectivity index (χ4v) is 1.67. The summed E-state index contributed by atoms with van der Waals surface area (Å²) in [5, 5.41) is 9.70. The Hall–Kier alpha value is -1.04. The van der Waals surface area contributed by atoms with Crippen LogP contribution in [0, 0.1) is 0 Å². The first kappa shape index (κ1) is 11.0. The van der Waals surface area contributed by atoms with E-state index in [0.29, 0.717) is 6.54 Å². The molecule has 0 unspecified atom stereocenters. The zero-order chi connectivity index (χ0) is 9.10. The summed E-state index contributed by atoms with van der Waals surface area (Å²) in [6.07, 6.45) is 3.47. The molecule has 2 N–H and O–H groups in total. The van der Waals surface area contributed by atoms with Gasteiger partial charge in [0.2, 0.25) is 0 Å². The third kappa shape index (κ3) is 2.25. The van der Waals surface area contributed by atoms with Crippen LogP contribution in [0.4, 0.5) is 0 Å². The van der Waals surface area contributed by atoms with Gasteiger partial charge in [-0.25, -0.2) is 0 Å². The summed E-state index contributed by atoms with van der Waals surface area (Å²) >= 11 is 1.51. The van der Waals surface area contributed by atoms with Crippen LogP contribution in [-0.2, 0) is 6.54 Å². The van der Waals surface area contributed by atoms with Crippen molar-refractivity contribution in [3.8, 4) is 10.6 Å². The monoisotopic (exact) mass is 228 g/mol. The topological polar surface area (TPSA) is 64.7 Å². The minimum Gasteiger partial charge on any atom is -0.324 e. The molecule has 0 radical (unpaired) electrons. The van der Waals surface area contributed by atoms with Crippen LogP contribution in [0.2, 0.25) is 0 Å². The minimum atomic E-state index is 0. The standard InChI is InChI=1S/C8H8N4S.ClH/c9-5-7-11-12-8(13-7)6-1-3-10-4-2-6;/h1-4H,5,9H2;1H. The summed E-state index contributed by atoms with van der Waals surface area (Å²) in [7, 11) is 0. The number of hydrogen-bond donors (Lipinski definition) is 1. The largest absolute Gasteiger partial charge is 0.324 e. The predicted octanol–water partition coefficient (Wildman–Crippen LogP) is 1.48. The molecule has 2 heterocycles. The Morgan fingerprint density at radius 2 is 1.93 bits per heavy atom. The summed E-state index contributed by atoms with van der Waals surface area (Å²) < 4.78 is 0. The van der Waals surface area contributed by atoms with Crippen molar-refractivity contribution in [1.82, 2.24) is 15.2 Å². The van der Waals surface area contributed by atoms with Crippen LogP contribution in [0.1, 0.15) is 5.01 Å². The lowest BCUT2D eigenvalue weighted by molar-refractivity contribution is 0.960. The van der Waals surface area contributed by atoms with Gasteiger partial charge in [-0.1, -0.05) is 11.3 Å². The fourth-order valence-electron chi connectivity index (χ4n) is 0.947. The van der Waals surface area contributed by atoms with Gasteiger partial charge in [0, 0.05) is 24.5 Å². The van der Waals surface area contributed by atoms with Crippen molar-refractivity contribution in [2.75, 3.05) is 0 Å². The average Bonchev–Trinajstić information content (AvgIpc) is 2.67. The van der Waals surface area contributed by atoms with Crippen LogP contribution in [0.5, 0.6) is 0 Å². The van der Waals surface area contributed by atoms with E-state index in [-0.39, 0.29) is 12.4 Å². The highest BCUT2D eigenvalue weighted by atomic mass is 35.5. The molecule has 2 aromatic rings. The van der Waals surface area contributed by atoms with E-state index >= 15 is 0 Å². The number of pyridine rings is 1. The molecule has 0 fully saturated rings. The van der Waals surface area contributed by atoms with Crippen LogP contribution in [0.25, 0.3) is 10.6 Å². The number of rotatable bonds is 2. The fraction of sp³-hybridized carbons (Fsp3) is 0.125. The highest BCUT2D eigenvalue weighted by molar-refractivity contribution is 7.14. The molecule has 0 aliphatic rings. The summed E-state index contributed by atoms with van der Waals surface area (Å²) in [5.74, 6) is 0. The van der Waals surface area contributed by atoms with E-state index in [9.17, 15) is 0 Å². The van der Waals surface area contributed by atoms with Crippen molar-refractivity contribution < 1.29 is 0 Å². The highest BCUT2D eigenvalue weighted by Gasteiger charge is 2.03. The van der Waals surface area contributed by atoms with Gasteiger partial charge < -0.3 is 5.73 Å². The molecule has 74 valence electrons. The molecule has 0 amide bonds. The SMILES string of the molecule is Cl.NCc1nnc(-c2ccncc2)s1. The van der Waals surface area contributed by atoms with Gasteiger partial charge in [0.05, 0.1) is 0 Å². The number of aromatic nitrogens is 3. The van der Waals surface area contributed by atoms with Crippen LogP contribution in [-0.4, -0.2) is 15.2 Å². The Bertz CT molecular complexity index is 389. The van der Waals surface area contributed by atoms with Crippen LogP contribution < -0.4 is 5.73 Å². The quantitative estimate of drug-likeness (QED) is 0.846. The minimum absolute atomic E-state index is 0. The van der Waals surface area contributed by atoms with Gasteiger partial charge in [0.1, 0.15) is 10.0 Å². The molecule has 0 aliphatic heterocycles. The number of nitrogens with two attached hydrogens (primary N) is 1. The molecule has 0 bridgehead atoms. The molecule has 2 rings (SSSR count). The lowest BCUT2D eigenvalue weighted by atomic mass is 10.3. The molecule has 14 heavy (non-hydrogen) atoms. The molecule has 2 aromatic heterocycles. The van der Waals surface area contributed by atoms with Crippen molar-refractivity contribution in [2.24, 2.45) is 5.73 Å². The Morgan fingerprint density at radius 1 is 1.21 bits per heavy atom. The van der Waals surface area contributed by atoms with E-state index in [2.05, 4.69) is 15.2 Å². The maximum Gasteiger partial charge on any atom is 0.147 e. The van der Waals surface area contributed by atoms with Crippen LogP contribution in [0.15, 0.2) is 24.5 Å². The molecule has 6 heteroatoms. The van der Waals surface area contributed by atoms with E-state index < -0.39 is 0 Å². The summed E-state index contributed by atoms with van der Waals surface area (Å²) in [6.45, 7) is 0.447. The van der Waals surface area contributed by atoms with Gasteiger partial charge in [-0.15, -0.1) is 22.6 Å². The molecular weight excluding hydrogens is 220 g/mol. The third-order valence-corrected chi connectivity index (χ3v) is 2.56. The first-order valence-electron chi connectivity index (χ1n) is 3.83. The molecule has 0 aromatic carbocycles. The first-order valence-corrected chi connectivity index (χ1v) is 4.64. The van der Waals surface area contributed by atoms with Crippen molar-refractivity contribution in [2.45, 2.75) is 6.54 Å². The molecule has 0 saturated heterocycles. The Morgan fingerprint density at radius 3 is 2.50 bits per heavy atom. The van der Waals surface area contributed by atoms with E-state index in [0.717, 1.165) is 15.6 Å². The maximum absolute atomic E-state index is 5.44. The van der Waals surface area contributed by atoms with Crippen molar-refractivity contribution in [3.05, 3.63) is 29.5 Å². The third-order valence-electron chi connectivity index (χ3n) is 1.57. The first-order chi connectivity index (χ1) is 6.40. The van der Waals surface area contributed by atoms with E-state index in [1.54, 1.807) is 12.4 Å². The second-order valence-corrected chi connectivity index (χ2v) is 3.50. The smallest absolute Gasteiger partial charge is 0.147 e. The van der Waals surface area contributed by atoms with E-state index in [1.807, 2.05) is 12.1 Å². The highest BCUT2D eigenvalue weighted by Crippen LogP contribution is 2.21. The van der Waals surface area contributed by atoms with Crippen molar-refractivity contribution >= 4 is 23.7 Å². The Balaban J connectivity index is 0.000000980. The second kappa shape index (κ2) is 4.99. The summed E-state index contributed by atoms with van der Waals surface area (Å²) in [5.41, 5.74) is 6.47. The lowest BCUT2D eigenvalue weighted by Crippen LogP contribution is -1.94. The lowest BCUT2D eigenvalue weighted by Gasteiger charge is -1.90. The van der Waals surface area contributed by atoms with Gasteiger partial charge in [-0.2, -0.15) is 0 Å². The molecule has 0 saturated carbocycles. The zero-order valence-electron chi connectivity index (χ0n) is 7.25. The average molecular weight is 229 g/mol. The number of hydrogen-bond acceptors (Lipinski definition) is 5. The normalized spacial score (nSPS) is 9.50. The predicted molar refractivity (Wildman–Crippen MR) is 58.3 cm³/mol. The van der Waals surface area contributed by atoms with Gasteiger partial charge in [-0.3, -0.25) is 4.98 Å². The Kier molecular flexibility index (Phi) is 3.94. The second-order valence-electron chi connectivity index (χ2n) is 2.44. The van der Waals surface area contributed by atoms with Crippen molar-refractivity contribution in [3.63, 3.8) is 0 Å². The van der Waals surface area contributed by atoms with Gasteiger partial charge >= 0.3 is 0 Å². The number of halogens is 1. The van der Waals surface area contributed by atoms with Gasteiger partial charge in [0.25, 0.3) is 0 Å². The van der Waals surface area contributed by atoms with E-state index in [4.69, 9.17) is 5.73 Å².